The monoisotopic (exact) mass is 489 g/mol. The van der Waals surface area contributed by atoms with E-state index in [1.807, 2.05) is 20.8 Å². The molecule has 2 rings (SSSR count). The third kappa shape index (κ3) is 7.10. The van der Waals surface area contributed by atoms with Gasteiger partial charge < -0.3 is 14.8 Å². The normalized spacial score (nSPS) is 22.5. The van der Waals surface area contributed by atoms with Crippen molar-refractivity contribution < 1.29 is 42.0 Å². The number of rotatable bonds is 8. The fraction of sp³-hybridized carbons (Fsp3) is 0.700. The fourth-order valence-electron chi connectivity index (χ4n) is 2.82. The van der Waals surface area contributed by atoms with Crippen molar-refractivity contribution in [1.29, 1.82) is 0 Å². The summed E-state index contributed by atoms with van der Waals surface area (Å²) in [6, 6.07) is 1.61. The van der Waals surface area contributed by atoms with E-state index >= 15 is 0 Å². The van der Waals surface area contributed by atoms with Crippen molar-refractivity contribution in [3.63, 3.8) is 0 Å². The van der Waals surface area contributed by atoms with Gasteiger partial charge in [-0.2, -0.15) is 5.10 Å². The second kappa shape index (κ2) is 10.3. The Morgan fingerprint density at radius 3 is 2.58 bits per heavy atom. The van der Waals surface area contributed by atoms with E-state index in [1.165, 1.54) is 11.8 Å². The number of aromatic nitrogens is 2. The number of methoxy groups -OCH3 is 1. The van der Waals surface area contributed by atoms with E-state index in [4.69, 9.17) is 18.3 Å². The van der Waals surface area contributed by atoms with E-state index in [1.54, 1.807) is 27.0 Å². The van der Waals surface area contributed by atoms with Crippen LogP contribution in [0, 0.1) is 5.41 Å². The third-order valence-corrected chi connectivity index (χ3v) is 6.23. The number of aryl methyl sites for hydroxylation is 1. The smallest absolute Gasteiger partial charge is 0.469 e. The van der Waals surface area contributed by atoms with Gasteiger partial charge in [-0.05, 0) is 6.07 Å². The van der Waals surface area contributed by atoms with E-state index < -0.39 is 44.0 Å². The number of nitrogens with zero attached hydrogens (tertiary/aromatic N) is 2. The average molecular weight is 489 g/mol. The van der Waals surface area contributed by atoms with Crippen molar-refractivity contribution in [1.82, 2.24) is 15.1 Å². The van der Waals surface area contributed by atoms with Gasteiger partial charge in [0, 0.05) is 24.4 Å². The first-order chi connectivity index (χ1) is 15.2. The van der Waals surface area contributed by atoms with Gasteiger partial charge in [0.1, 0.15) is 5.69 Å². The van der Waals surface area contributed by atoms with Crippen molar-refractivity contribution >= 4 is 25.7 Å². The number of hydrogen-bond donors (Lipinski definition) is 1. The van der Waals surface area contributed by atoms with Crippen LogP contribution < -0.4 is 5.32 Å². The maximum absolute atomic E-state index is 12.9. The standard InChI is InChI=1S/C20H32N3O9P/c1-19(2,3)14-10-13(23(6)22-14)18(26)29-12-31-33(27)30-11-20(4,5)16(32-33)17(25)21-9-8-15(24)28-7/h10,16H,8-9,11-12H2,1-7H3,(H,21,25)/t16-,33+/m0/s1. The molecular weight excluding hydrogens is 457 g/mol. The molecule has 1 N–H and O–H groups in total. The zero-order chi connectivity index (χ0) is 25.0. The van der Waals surface area contributed by atoms with Gasteiger partial charge in [-0.25, -0.2) is 13.9 Å². The van der Waals surface area contributed by atoms with Gasteiger partial charge in [0.25, 0.3) is 0 Å². The van der Waals surface area contributed by atoms with Gasteiger partial charge in [-0.3, -0.25) is 23.3 Å². The quantitative estimate of drug-likeness (QED) is 0.327. The molecule has 33 heavy (non-hydrogen) atoms. The first-order valence-corrected chi connectivity index (χ1v) is 11.8. The summed E-state index contributed by atoms with van der Waals surface area (Å²) in [5, 5.41) is 6.83. The van der Waals surface area contributed by atoms with Crippen LogP contribution in [0.15, 0.2) is 6.07 Å². The van der Waals surface area contributed by atoms with Crippen molar-refractivity contribution in [2.24, 2.45) is 12.5 Å². The molecule has 0 saturated carbocycles. The molecule has 2 heterocycles. The van der Waals surface area contributed by atoms with Crippen LogP contribution in [0.3, 0.4) is 0 Å². The van der Waals surface area contributed by atoms with Crippen LogP contribution >= 0.6 is 7.82 Å². The molecule has 1 amide bonds. The average Bonchev–Trinajstić information content (AvgIpc) is 3.12. The topological polar surface area (TPSA) is 144 Å². The molecule has 1 aromatic heterocycles. The Bertz CT molecular complexity index is 936. The summed E-state index contributed by atoms with van der Waals surface area (Å²) in [4.78, 5) is 36.1. The molecule has 0 aliphatic carbocycles. The van der Waals surface area contributed by atoms with Gasteiger partial charge in [0.05, 0.1) is 25.8 Å². The van der Waals surface area contributed by atoms with Crippen LogP contribution in [-0.2, 0) is 49.7 Å². The Hall–Kier alpha value is -2.27. The summed E-state index contributed by atoms with van der Waals surface area (Å²) in [6.45, 7) is 8.45. The van der Waals surface area contributed by atoms with E-state index in [-0.39, 0.29) is 30.7 Å². The maximum atomic E-state index is 12.9. The Kier molecular flexibility index (Phi) is 8.45. The molecular formula is C20H32N3O9P. The summed E-state index contributed by atoms with van der Waals surface area (Å²) in [5.74, 6) is -1.81. The molecule has 0 bridgehead atoms. The predicted molar refractivity (Wildman–Crippen MR) is 115 cm³/mol. The van der Waals surface area contributed by atoms with Crippen molar-refractivity contribution in [3.05, 3.63) is 17.5 Å². The molecule has 0 aromatic carbocycles. The molecule has 1 aromatic rings. The third-order valence-electron chi connectivity index (χ3n) is 4.89. The summed E-state index contributed by atoms with van der Waals surface area (Å²) in [6.07, 6.45) is -1.21. The Labute approximate surface area is 192 Å². The van der Waals surface area contributed by atoms with Gasteiger partial charge >= 0.3 is 19.8 Å². The Balaban J connectivity index is 1.95. The lowest BCUT2D eigenvalue weighted by Crippen LogP contribution is -2.50. The lowest BCUT2D eigenvalue weighted by atomic mass is 9.87. The van der Waals surface area contributed by atoms with E-state index in [0.29, 0.717) is 5.69 Å². The second-order valence-electron chi connectivity index (χ2n) is 9.28. The Morgan fingerprint density at radius 1 is 1.33 bits per heavy atom. The maximum Gasteiger partial charge on any atom is 0.478 e. The summed E-state index contributed by atoms with van der Waals surface area (Å²) in [5.41, 5.74) is -0.203. The number of hydrogen-bond acceptors (Lipinski definition) is 10. The summed E-state index contributed by atoms with van der Waals surface area (Å²) < 4.78 is 39.5. The molecule has 13 heteroatoms. The predicted octanol–water partition coefficient (Wildman–Crippen LogP) is 2.08. The van der Waals surface area contributed by atoms with Crippen molar-refractivity contribution in [2.75, 3.05) is 27.1 Å². The SMILES string of the molecule is COC(=O)CCNC(=O)[C@@H]1O[P@@](=O)(OCOC(=O)c2cc(C(C)(C)C)nn2C)OCC1(C)C. The van der Waals surface area contributed by atoms with Crippen molar-refractivity contribution in [3.8, 4) is 0 Å². The van der Waals surface area contributed by atoms with Gasteiger partial charge in [0.15, 0.2) is 6.10 Å². The second-order valence-corrected chi connectivity index (χ2v) is 10.9. The highest BCUT2D eigenvalue weighted by atomic mass is 31.2. The number of phosphoric ester groups is 1. The molecule has 0 unspecified atom stereocenters. The fourth-order valence-corrected chi connectivity index (χ4v) is 4.33. The molecule has 0 spiro atoms. The highest BCUT2D eigenvalue weighted by molar-refractivity contribution is 7.48. The lowest BCUT2D eigenvalue weighted by molar-refractivity contribution is -0.144. The van der Waals surface area contributed by atoms with Crippen LogP contribution in [0.25, 0.3) is 0 Å². The highest BCUT2D eigenvalue weighted by Gasteiger charge is 2.49. The van der Waals surface area contributed by atoms with E-state index in [0.717, 1.165) is 0 Å². The van der Waals surface area contributed by atoms with Gasteiger partial charge in [0.2, 0.25) is 12.7 Å². The zero-order valence-electron chi connectivity index (χ0n) is 20.0. The molecule has 186 valence electrons. The number of phosphoric acid groups is 1. The van der Waals surface area contributed by atoms with E-state index in [2.05, 4.69) is 15.2 Å². The summed E-state index contributed by atoms with van der Waals surface area (Å²) >= 11 is 0. The van der Waals surface area contributed by atoms with Crippen LogP contribution in [0.4, 0.5) is 0 Å². The lowest BCUT2D eigenvalue weighted by Gasteiger charge is -2.39. The number of ether oxygens (including phenoxy) is 2. The van der Waals surface area contributed by atoms with Gasteiger partial charge in [-0.15, -0.1) is 0 Å². The largest absolute Gasteiger partial charge is 0.478 e. The molecule has 1 fully saturated rings. The first-order valence-electron chi connectivity index (χ1n) is 10.3. The van der Waals surface area contributed by atoms with E-state index in [9.17, 15) is 18.9 Å². The number of carbonyl (C=O) groups excluding carboxylic acids is 3. The minimum Gasteiger partial charge on any atom is -0.469 e. The molecule has 1 saturated heterocycles. The molecule has 1 aliphatic rings. The Morgan fingerprint density at radius 2 is 2.00 bits per heavy atom. The molecule has 1 aliphatic heterocycles. The molecule has 12 nitrogen and oxygen atoms in total. The van der Waals surface area contributed by atoms with Gasteiger partial charge in [-0.1, -0.05) is 34.6 Å². The number of carbonyl (C=O) groups is 3. The van der Waals surface area contributed by atoms with Crippen LogP contribution in [-0.4, -0.2) is 60.8 Å². The zero-order valence-corrected chi connectivity index (χ0v) is 20.9. The van der Waals surface area contributed by atoms with Crippen LogP contribution in [0.5, 0.6) is 0 Å². The minimum atomic E-state index is -4.19. The van der Waals surface area contributed by atoms with Crippen molar-refractivity contribution in [2.45, 2.75) is 52.6 Å². The minimum absolute atomic E-state index is 0.0202. The van der Waals surface area contributed by atoms with Crippen LogP contribution in [0.2, 0.25) is 0 Å². The number of esters is 2. The molecule has 2 atom stereocenters. The number of nitrogens with one attached hydrogen (secondary N) is 1. The van der Waals surface area contributed by atoms with Crippen LogP contribution in [0.1, 0.15) is 57.2 Å². The highest BCUT2D eigenvalue weighted by Crippen LogP contribution is 2.57. The summed E-state index contributed by atoms with van der Waals surface area (Å²) in [7, 11) is -1.35. The first kappa shape index (κ1) is 27.0. The number of amides is 1. The molecule has 0 radical (unpaired) electrons.